The molecule has 0 aliphatic carbocycles. The van der Waals surface area contributed by atoms with E-state index in [2.05, 4.69) is 15.2 Å². The fourth-order valence-corrected chi connectivity index (χ4v) is 3.52. The Morgan fingerprint density at radius 3 is 2.27 bits per heavy atom. The summed E-state index contributed by atoms with van der Waals surface area (Å²) in [5.41, 5.74) is 2.98. The molecule has 7 heteroatoms. The van der Waals surface area contributed by atoms with E-state index in [9.17, 15) is 0 Å². The van der Waals surface area contributed by atoms with Gasteiger partial charge in [0.05, 0.1) is 13.2 Å². The molecular weight excluding hydrogens is 378 g/mol. The average molecular weight is 401 g/mol. The predicted molar refractivity (Wildman–Crippen MR) is 116 cm³/mol. The normalized spacial score (nSPS) is 14.8. The molecule has 1 N–H and O–H groups in total. The molecule has 30 heavy (non-hydrogen) atoms. The molecule has 0 bridgehead atoms. The van der Waals surface area contributed by atoms with Crippen LogP contribution >= 0.6 is 0 Å². The van der Waals surface area contributed by atoms with Crippen LogP contribution in [0.1, 0.15) is 0 Å². The summed E-state index contributed by atoms with van der Waals surface area (Å²) in [6, 6.07) is 19.8. The molecule has 5 rings (SSSR count). The largest absolute Gasteiger partial charge is 0.417 e. The van der Waals surface area contributed by atoms with Crippen LogP contribution in [0, 0.1) is 0 Å². The quantitative estimate of drug-likeness (QED) is 0.528. The van der Waals surface area contributed by atoms with Crippen molar-refractivity contribution >= 4 is 17.0 Å². The van der Waals surface area contributed by atoms with Crippen molar-refractivity contribution in [3.63, 3.8) is 0 Å². The first-order valence-electron chi connectivity index (χ1n) is 10.2. The van der Waals surface area contributed by atoms with Gasteiger partial charge >= 0.3 is 0 Å². The van der Waals surface area contributed by atoms with Crippen LogP contribution in [-0.4, -0.2) is 59.2 Å². The molecule has 2 aromatic carbocycles. The Morgan fingerprint density at radius 1 is 0.833 bits per heavy atom. The number of morpholine rings is 1. The van der Waals surface area contributed by atoms with Crippen molar-refractivity contribution in [2.24, 2.45) is 0 Å². The fraction of sp³-hybridized carbons (Fsp3) is 0.261. The Morgan fingerprint density at radius 2 is 1.53 bits per heavy atom. The van der Waals surface area contributed by atoms with Crippen LogP contribution in [0.3, 0.4) is 0 Å². The Labute approximate surface area is 174 Å². The summed E-state index contributed by atoms with van der Waals surface area (Å²) in [7, 11) is 0. The molecule has 1 fully saturated rings. The Hall–Kier alpha value is -3.29. The molecule has 0 spiro atoms. The lowest BCUT2D eigenvalue weighted by Crippen LogP contribution is -2.39. The van der Waals surface area contributed by atoms with Gasteiger partial charge < -0.3 is 14.5 Å². The van der Waals surface area contributed by atoms with Crippen molar-refractivity contribution in [1.29, 1.82) is 0 Å². The zero-order valence-corrected chi connectivity index (χ0v) is 16.6. The van der Waals surface area contributed by atoms with Crippen molar-refractivity contribution in [1.82, 2.24) is 19.9 Å². The van der Waals surface area contributed by atoms with E-state index in [1.165, 1.54) is 0 Å². The van der Waals surface area contributed by atoms with Crippen LogP contribution in [0.25, 0.3) is 34.1 Å². The lowest BCUT2D eigenvalue weighted by atomic mass is 10.2. The third-order valence-corrected chi connectivity index (χ3v) is 5.14. The first kappa shape index (κ1) is 18.7. The van der Waals surface area contributed by atoms with Gasteiger partial charge in [0, 0.05) is 37.3 Å². The topological polar surface area (TPSA) is 76.3 Å². The van der Waals surface area contributed by atoms with E-state index < -0.39 is 0 Å². The second-order valence-corrected chi connectivity index (χ2v) is 7.18. The van der Waals surface area contributed by atoms with Gasteiger partial charge in [-0.25, -0.2) is 9.97 Å². The predicted octanol–water partition coefficient (Wildman–Crippen LogP) is 3.70. The molecule has 0 saturated carbocycles. The number of oxazole rings is 1. The molecule has 1 saturated heterocycles. The number of anilines is 1. The van der Waals surface area contributed by atoms with Gasteiger partial charge in [-0.2, -0.15) is 4.98 Å². The smallest absolute Gasteiger partial charge is 0.253 e. The molecule has 7 nitrogen and oxygen atoms in total. The monoisotopic (exact) mass is 401 g/mol. The minimum absolute atomic E-state index is 0.483. The molecule has 0 atom stereocenters. The van der Waals surface area contributed by atoms with Gasteiger partial charge in [-0.05, 0) is 12.1 Å². The highest BCUT2D eigenvalue weighted by Crippen LogP contribution is 2.29. The van der Waals surface area contributed by atoms with Crippen molar-refractivity contribution in [3.05, 3.63) is 60.7 Å². The number of fused-ring (bicyclic) bond motifs is 1. The molecule has 152 valence electrons. The first-order chi connectivity index (χ1) is 14.9. The van der Waals surface area contributed by atoms with Gasteiger partial charge in [-0.1, -0.05) is 48.5 Å². The van der Waals surface area contributed by atoms with Gasteiger partial charge in [0.1, 0.15) is 0 Å². The number of hydrogen-bond acceptors (Lipinski definition) is 7. The summed E-state index contributed by atoms with van der Waals surface area (Å²) in [5, 5.41) is 3.45. The number of rotatable bonds is 6. The van der Waals surface area contributed by atoms with Gasteiger partial charge in [-0.3, -0.25) is 4.90 Å². The fourth-order valence-electron chi connectivity index (χ4n) is 3.52. The zero-order chi connectivity index (χ0) is 20.2. The Balaban J connectivity index is 1.48. The minimum Gasteiger partial charge on any atom is -0.417 e. The van der Waals surface area contributed by atoms with Gasteiger partial charge in [0.15, 0.2) is 17.2 Å². The SMILES string of the molecule is c1ccc(-c2nc(NCCN3CCOCC3)c3nc(-c4ccccc4)oc3n2)cc1. The van der Waals surface area contributed by atoms with Gasteiger partial charge in [0.2, 0.25) is 5.89 Å². The maximum atomic E-state index is 6.02. The number of nitrogens with zero attached hydrogens (tertiary/aromatic N) is 4. The summed E-state index contributed by atoms with van der Waals surface area (Å²) in [5.74, 6) is 1.85. The Bertz CT molecular complexity index is 1110. The Kier molecular flexibility index (Phi) is 5.37. The standard InChI is InChI=1S/C23H23N5O2/c1-3-7-17(8-4-1)20-26-21(24-11-12-28-13-15-29-16-14-28)19-23(27-20)30-22(25-19)18-9-5-2-6-10-18/h1-10H,11-16H2,(H,24,26,27). The third-order valence-electron chi connectivity index (χ3n) is 5.14. The molecule has 2 aromatic heterocycles. The zero-order valence-electron chi connectivity index (χ0n) is 16.6. The number of hydrogen-bond donors (Lipinski definition) is 1. The van der Waals surface area contributed by atoms with Crippen molar-refractivity contribution in [2.75, 3.05) is 44.7 Å². The summed E-state index contributed by atoms with van der Waals surface area (Å²) in [6.45, 7) is 5.17. The van der Waals surface area contributed by atoms with E-state index in [0.29, 0.717) is 28.8 Å². The van der Waals surface area contributed by atoms with Crippen molar-refractivity contribution < 1.29 is 9.15 Å². The summed E-state index contributed by atoms with van der Waals surface area (Å²) in [6.07, 6.45) is 0. The van der Waals surface area contributed by atoms with Crippen LogP contribution in [0.15, 0.2) is 65.1 Å². The van der Waals surface area contributed by atoms with Crippen LogP contribution < -0.4 is 5.32 Å². The molecule has 4 aromatic rings. The molecule has 0 radical (unpaired) electrons. The molecule has 1 aliphatic heterocycles. The highest BCUT2D eigenvalue weighted by Gasteiger charge is 2.17. The van der Waals surface area contributed by atoms with Crippen LogP contribution in [0.2, 0.25) is 0 Å². The van der Waals surface area contributed by atoms with E-state index in [1.54, 1.807) is 0 Å². The highest BCUT2D eigenvalue weighted by atomic mass is 16.5. The maximum absolute atomic E-state index is 6.02. The number of ether oxygens (including phenoxy) is 1. The molecule has 0 unspecified atom stereocenters. The summed E-state index contributed by atoms with van der Waals surface area (Å²) in [4.78, 5) is 16.5. The first-order valence-corrected chi connectivity index (χ1v) is 10.2. The molecule has 0 amide bonds. The summed E-state index contributed by atoms with van der Waals surface area (Å²) < 4.78 is 11.5. The van der Waals surface area contributed by atoms with Crippen LogP contribution in [0.5, 0.6) is 0 Å². The van der Waals surface area contributed by atoms with E-state index in [0.717, 1.165) is 50.5 Å². The second-order valence-electron chi connectivity index (χ2n) is 7.18. The lowest BCUT2D eigenvalue weighted by Gasteiger charge is -2.26. The maximum Gasteiger partial charge on any atom is 0.253 e. The average Bonchev–Trinajstić information content (AvgIpc) is 3.25. The lowest BCUT2D eigenvalue weighted by molar-refractivity contribution is 0.0398. The molecule has 3 heterocycles. The number of nitrogens with one attached hydrogen (secondary N) is 1. The van der Waals surface area contributed by atoms with Gasteiger partial charge in [-0.15, -0.1) is 0 Å². The highest BCUT2D eigenvalue weighted by molar-refractivity contribution is 5.85. The minimum atomic E-state index is 0.483. The van der Waals surface area contributed by atoms with Crippen molar-refractivity contribution in [2.45, 2.75) is 0 Å². The summed E-state index contributed by atoms with van der Waals surface area (Å²) >= 11 is 0. The van der Waals surface area contributed by atoms with E-state index in [4.69, 9.17) is 19.1 Å². The molecular formula is C23H23N5O2. The number of benzene rings is 2. The van der Waals surface area contributed by atoms with E-state index in [-0.39, 0.29) is 0 Å². The molecule has 1 aliphatic rings. The van der Waals surface area contributed by atoms with E-state index in [1.807, 2.05) is 60.7 Å². The third kappa shape index (κ3) is 4.03. The van der Waals surface area contributed by atoms with Crippen LogP contribution in [-0.2, 0) is 4.74 Å². The van der Waals surface area contributed by atoms with Crippen LogP contribution in [0.4, 0.5) is 5.82 Å². The second kappa shape index (κ2) is 8.61. The van der Waals surface area contributed by atoms with Crippen molar-refractivity contribution in [3.8, 4) is 22.8 Å². The van der Waals surface area contributed by atoms with E-state index >= 15 is 0 Å². The van der Waals surface area contributed by atoms with Gasteiger partial charge in [0.25, 0.3) is 5.71 Å². The number of aromatic nitrogens is 3.